The highest BCUT2D eigenvalue weighted by molar-refractivity contribution is 5.81. The second-order valence-electron chi connectivity index (χ2n) is 14.5. The standard InChI is InChI=1S/C30H46O5/c1-17-15-18(7-10-22(32)34-6)35-24-23(17)27(4)13-14-30-16-29(30)12-11-21(31)26(2,3)19(29)8-9-20(30)28(27,5)25(24)33/h7,10,17-21,23-25,31,33H,8-9,11-16H2,1-6H3/t17-,18+,19+,20+,21+,23?,24+,25+,27-,28-,29-,30+/m1/s1. The van der Waals surface area contributed by atoms with Crippen molar-refractivity contribution < 1.29 is 24.5 Å². The van der Waals surface area contributed by atoms with E-state index in [0.29, 0.717) is 34.5 Å². The molecule has 2 spiro atoms. The Morgan fingerprint density at radius 2 is 1.69 bits per heavy atom. The van der Waals surface area contributed by atoms with Crippen LogP contribution < -0.4 is 0 Å². The van der Waals surface area contributed by atoms with Gasteiger partial charge in [-0.1, -0.05) is 34.6 Å². The van der Waals surface area contributed by atoms with Crippen molar-refractivity contribution in [2.75, 3.05) is 7.11 Å². The summed E-state index contributed by atoms with van der Waals surface area (Å²) in [6, 6.07) is 0. The first-order chi connectivity index (χ1) is 16.4. The third-order valence-electron chi connectivity index (χ3n) is 13.5. The molecule has 5 aliphatic carbocycles. The molecule has 1 saturated heterocycles. The average Bonchev–Trinajstić information content (AvgIpc) is 3.45. The van der Waals surface area contributed by atoms with E-state index in [9.17, 15) is 15.0 Å². The van der Waals surface area contributed by atoms with Crippen LogP contribution in [0.1, 0.15) is 86.0 Å². The molecule has 196 valence electrons. The highest BCUT2D eigenvalue weighted by Crippen LogP contribution is 2.89. The van der Waals surface area contributed by atoms with Crippen molar-refractivity contribution in [3.05, 3.63) is 12.2 Å². The Morgan fingerprint density at radius 1 is 1.00 bits per heavy atom. The summed E-state index contributed by atoms with van der Waals surface area (Å²) in [4.78, 5) is 11.7. The lowest BCUT2D eigenvalue weighted by Crippen LogP contribution is -2.59. The largest absolute Gasteiger partial charge is 0.466 e. The molecule has 0 aromatic rings. The van der Waals surface area contributed by atoms with Crippen LogP contribution in [0, 0.1) is 50.7 Å². The van der Waals surface area contributed by atoms with Crippen molar-refractivity contribution in [2.24, 2.45) is 50.7 Å². The van der Waals surface area contributed by atoms with Crippen LogP contribution in [0.25, 0.3) is 0 Å². The number of rotatable bonds is 2. The second kappa shape index (κ2) is 7.35. The molecule has 1 aliphatic heterocycles. The minimum atomic E-state index is -0.493. The number of ether oxygens (including phenoxy) is 2. The van der Waals surface area contributed by atoms with Crippen molar-refractivity contribution in [1.29, 1.82) is 0 Å². The normalized spacial score (nSPS) is 57.9. The van der Waals surface area contributed by atoms with Crippen LogP contribution in [0.2, 0.25) is 0 Å². The number of carbonyl (C=O) groups excluding carboxylic acids is 1. The lowest BCUT2D eigenvalue weighted by Gasteiger charge is -2.63. The van der Waals surface area contributed by atoms with E-state index in [0.717, 1.165) is 32.1 Å². The average molecular weight is 487 g/mol. The van der Waals surface area contributed by atoms with E-state index in [1.807, 2.05) is 6.08 Å². The van der Waals surface area contributed by atoms with Crippen molar-refractivity contribution in [1.82, 2.24) is 0 Å². The number of fused-ring (bicyclic) bond motifs is 4. The predicted molar refractivity (Wildman–Crippen MR) is 133 cm³/mol. The van der Waals surface area contributed by atoms with E-state index in [-0.39, 0.29) is 40.5 Å². The van der Waals surface area contributed by atoms with Gasteiger partial charge in [-0.3, -0.25) is 0 Å². The van der Waals surface area contributed by atoms with Crippen LogP contribution in [0.4, 0.5) is 0 Å². The molecule has 12 atom stereocenters. The van der Waals surface area contributed by atoms with Gasteiger partial charge in [0.2, 0.25) is 0 Å². The first-order valence-corrected chi connectivity index (χ1v) is 14.2. The summed E-state index contributed by atoms with van der Waals surface area (Å²) in [5, 5.41) is 23.0. The number of aliphatic hydroxyl groups is 2. The van der Waals surface area contributed by atoms with Crippen molar-refractivity contribution in [3.63, 3.8) is 0 Å². The van der Waals surface area contributed by atoms with E-state index in [2.05, 4.69) is 34.6 Å². The van der Waals surface area contributed by atoms with Crippen LogP contribution in [-0.2, 0) is 14.3 Å². The fourth-order valence-electron chi connectivity index (χ4n) is 11.7. The molecule has 6 aliphatic rings. The molecule has 1 heterocycles. The second-order valence-corrected chi connectivity index (χ2v) is 14.5. The number of carbonyl (C=O) groups is 1. The number of hydrogen-bond donors (Lipinski definition) is 2. The molecule has 35 heavy (non-hydrogen) atoms. The number of hydrogen-bond acceptors (Lipinski definition) is 5. The number of aliphatic hydroxyl groups excluding tert-OH is 2. The number of methoxy groups -OCH3 is 1. The molecule has 5 nitrogen and oxygen atoms in total. The summed E-state index contributed by atoms with van der Waals surface area (Å²) in [5.74, 6) is 1.49. The lowest BCUT2D eigenvalue weighted by molar-refractivity contribution is -0.182. The highest BCUT2D eigenvalue weighted by Gasteiger charge is 2.84. The Labute approximate surface area is 211 Å². The summed E-state index contributed by atoms with van der Waals surface area (Å²) in [6.45, 7) is 11.8. The zero-order chi connectivity index (χ0) is 25.2. The monoisotopic (exact) mass is 486 g/mol. The van der Waals surface area contributed by atoms with Crippen LogP contribution >= 0.6 is 0 Å². The Kier molecular flexibility index (Phi) is 5.13. The maximum absolute atomic E-state index is 12.1. The van der Waals surface area contributed by atoms with Gasteiger partial charge in [-0.2, -0.15) is 0 Å². The van der Waals surface area contributed by atoms with Gasteiger partial charge < -0.3 is 19.7 Å². The van der Waals surface area contributed by atoms with Crippen LogP contribution in [0.3, 0.4) is 0 Å². The fraction of sp³-hybridized carbons (Fsp3) is 0.900. The first kappa shape index (κ1) is 24.4. The van der Waals surface area contributed by atoms with Crippen LogP contribution in [0.15, 0.2) is 12.2 Å². The zero-order valence-corrected chi connectivity index (χ0v) is 22.5. The molecule has 5 saturated carbocycles. The molecule has 0 radical (unpaired) electrons. The molecule has 6 fully saturated rings. The van der Waals surface area contributed by atoms with Gasteiger partial charge in [-0.05, 0) is 103 Å². The summed E-state index contributed by atoms with van der Waals surface area (Å²) < 4.78 is 11.4. The Hall–Kier alpha value is -0.910. The van der Waals surface area contributed by atoms with Gasteiger partial charge in [0.15, 0.2) is 0 Å². The van der Waals surface area contributed by atoms with E-state index < -0.39 is 6.10 Å². The molecule has 0 bridgehead atoms. The SMILES string of the molecule is COC(=O)C=C[C@H]1C[C@@H](C)C2[C@H](O1)[C@H](O)[C@@]1(C)[C@@H]3CC[C@H]4C(C)(C)[C@@H](O)CC[C@@]45C[C@@]35CC[C@]21C. The van der Waals surface area contributed by atoms with Crippen molar-refractivity contribution >= 4 is 5.97 Å². The van der Waals surface area contributed by atoms with Gasteiger partial charge in [-0.15, -0.1) is 0 Å². The zero-order valence-electron chi connectivity index (χ0n) is 22.5. The Balaban J connectivity index is 1.34. The van der Waals surface area contributed by atoms with E-state index in [1.165, 1.54) is 32.4 Å². The van der Waals surface area contributed by atoms with E-state index >= 15 is 0 Å². The maximum Gasteiger partial charge on any atom is 0.330 e. The maximum atomic E-state index is 12.1. The predicted octanol–water partition coefficient (Wildman–Crippen LogP) is 4.89. The van der Waals surface area contributed by atoms with Crippen LogP contribution in [0.5, 0.6) is 0 Å². The summed E-state index contributed by atoms with van der Waals surface area (Å²) in [7, 11) is 1.39. The molecule has 0 aromatic heterocycles. The van der Waals surface area contributed by atoms with Gasteiger partial charge in [0.05, 0.1) is 31.5 Å². The fourth-order valence-corrected chi connectivity index (χ4v) is 11.7. The molecule has 0 amide bonds. The van der Waals surface area contributed by atoms with Gasteiger partial charge >= 0.3 is 5.97 Å². The van der Waals surface area contributed by atoms with E-state index in [1.54, 1.807) is 0 Å². The van der Waals surface area contributed by atoms with Crippen LogP contribution in [-0.4, -0.2) is 47.7 Å². The third-order valence-corrected chi connectivity index (χ3v) is 13.5. The first-order valence-electron chi connectivity index (χ1n) is 14.2. The molecule has 2 N–H and O–H groups in total. The Bertz CT molecular complexity index is 943. The van der Waals surface area contributed by atoms with Gasteiger partial charge in [0.1, 0.15) is 0 Å². The van der Waals surface area contributed by atoms with Crippen molar-refractivity contribution in [2.45, 2.75) is 110 Å². The third kappa shape index (κ3) is 2.74. The molecule has 1 unspecified atom stereocenters. The summed E-state index contributed by atoms with van der Waals surface area (Å²) >= 11 is 0. The van der Waals surface area contributed by atoms with E-state index in [4.69, 9.17) is 9.47 Å². The van der Waals surface area contributed by atoms with Crippen molar-refractivity contribution in [3.8, 4) is 0 Å². The number of esters is 1. The van der Waals surface area contributed by atoms with Gasteiger partial charge in [-0.25, -0.2) is 4.79 Å². The molecule has 0 aromatic carbocycles. The minimum Gasteiger partial charge on any atom is -0.466 e. The molecular formula is C30H46O5. The minimum absolute atomic E-state index is 0.0204. The lowest BCUT2D eigenvalue weighted by atomic mass is 9.41. The molecule has 6 rings (SSSR count). The summed E-state index contributed by atoms with van der Waals surface area (Å²) in [5.41, 5.74) is 0.528. The topological polar surface area (TPSA) is 76.0 Å². The molecule has 5 heteroatoms. The Morgan fingerprint density at radius 3 is 2.40 bits per heavy atom. The summed E-state index contributed by atoms with van der Waals surface area (Å²) in [6.07, 6.45) is 11.3. The highest BCUT2D eigenvalue weighted by atomic mass is 16.5. The molecular weight excluding hydrogens is 440 g/mol. The van der Waals surface area contributed by atoms with Gasteiger partial charge in [0, 0.05) is 11.5 Å². The quantitative estimate of drug-likeness (QED) is 0.429. The van der Waals surface area contributed by atoms with Gasteiger partial charge in [0.25, 0.3) is 0 Å². The smallest absolute Gasteiger partial charge is 0.330 e.